The highest BCUT2D eigenvalue weighted by Gasteiger charge is 2.27. The number of morpholine rings is 1. The molecular formula is C18H24N8O2. The van der Waals surface area contributed by atoms with Gasteiger partial charge in [0, 0.05) is 32.4 Å². The lowest BCUT2D eigenvalue weighted by Crippen LogP contribution is -2.44. The summed E-state index contributed by atoms with van der Waals surface area (Å²) in [6.07, 6.45) is 1.67. The van der Waals surface area contributed by atoms with Crippen LogP contribution in [0.4, 0.5) is 5.69 Å². The third-order valence-electron chi connectivity index (χ3n) is 4.95. The molecule has 4 heterocycles. The molecule has 1 aliphatic heterocycles. The van der Waals surface area contributed by atoms with Gasteiger partial charge in [-0.3, -0.25) is 19.6 Å². The van der Waals surface area contributed by atoms with Crippen LogP contribution in [0.25, 0.3) is 22.4 Å². The Morgan fingerprint density at radius 2 is 2.32 bits per heavy atom. The summed E-state index contributed by atoms with van der Waals surface area (Å²) < 4.78 is 7.51. The molecule has 0 radical (unpaired) electrons. The normalized spacial score (nSPS) is 17.3. The average Bonchev–Trinajstić information content (AvgIpc) is 3.34. The van der Waals surface area contributed by atoms with Crippen LogP contribution in [-0.4, -0.2) is 68.7 Å². The molecule has 10 heteroatoms. The first kappa shape index (κ1) is 18.4. The standard InChI is InChI=1S/C18H24N8O2/c1-4-26-17-14(25-7-8-28-10-11(25)2)9-13(18(27)24(3)19)21-16(17)15(23-26)12-5-6-20-22-12/h5-6,9,11H,4,7-8,10,19H2,1-3H3,(H,20,22)/t11-/m1/s1. The topological polar surface area (TPSA) is 118 Å². The van der Waals surface area contributed by atoms with Crippen LogP contribution < -0.4 is 10.7 Å². The van der Waals surface area contributed by atoms with Crippen molar-refractivity contribution in [3.8, 4) is 11.4 Å². The second-order valence-electron chi connectivity index (χ2n) is 6.89. The number of amides is 1. The summed E-state index contributed by atoms with van der Waals surface area (Å²) in [6, 6.07) is 3.80. The van der Waals surface area contributed by atoms with Gasteiger partial charge in [0.1, 0.15) is 22.4 Å². The number of hydrazine groups is 1. The van der Waals surface area contributed by atoms with E-state index in [0.717, 1.165) is 28.5 Å². The fourth-order valence-corrected chi connectivity index (χ4v) is 3.55. The number of nitrogens with zero attached hydrogens (tertiary/aromatic N) is 6. The number of nitrogens with two attached hydrogens (primary N) is 1. The van der Waals surface area contributed by atoms with Crippen molar-refractivity contribution in [2.45, 2.75) is 26.4 Å². The number of nitrogens with one attached hydrogen (secondary N) is 1. The highest BCUT2D eigenvalue weighted by Crippen LogP contribution is 2.34. The van der Waals surface area contributed by atoms with Gasteiger partial charge in [0.15, 0.2) is 0 Å². The molecule has 0 aromatic carbocycles. The number of aryl methyl sites for hydroxylation is 1. The maximum Gasteiger partial charge on any atom is 0.286 e. The number of H-pyrrole nitrogens is 1. The molecule has 1 atom stereocenters. The number of fused-ring (bicyclic) bond motifs is 1. The lowest BCUT2D eigenvalue weighted by molar-refractivity contribution is 0.0789. The molecule has 0 spiro atoms. The molecule has 4 rings (SSSR count). The zero-order chi connectivity index (χ0) is 19.8. The third-order valence-corrected chi connectivity index (χ3v) is 4.95. The molecule has 1 amide bonds. The summed E-state index contributed by atoms with van der Waals surface area (Å²) in [5.74, 6) is 5.35. The van der Waals surface area contributed by atoms with Crippen molar-refractivity contribution in [1.82, 2.24) is 30.0 Å². The van der Waals surface area contributed by atoms with Crippen LogP contribution in [0.2, 0.25) is 0 Å². The van der Waals surface area contributed by atoms with E-state index in [1.54, 1.807) is 12.3 Å². The Labute approximate surface area is 162 Å². The van der Waals surface area contributed by atoms with E-state index in [1.807, 2.05) is 17.7 Å². The first-order valence-electron chi connectivity index (χ1n) is 9.29. The van der Waals surface area contributed by atoms with Crippen molar-refractivity contribution in [3.05, 3.63) is 24.0 Å². The quantitative estimate of drug-likeness (QED) is 0.391. The zero-order valence-electron chi connectivity index (χ0n) is 16.2. The average molecular weight is 384 g/mol. The number of hydrogen-bond acceptors (Lipinski definition) is 7. The highest BCUT2D eigenvalue weighted by atomic mass is 16.5. The predicted octanol–water partition coefficient (Wildman–Crippen LogP) is 1.01. The molecule has 0 saturated carbocycles. The van der Waals surface area contributed by atoms with Crippen molar-refractivity contribution < 1.29 is 9.53 Å². The molecule has 148 valence electrons. The Hall–Kier alpha value is -2.98. The van der Waals surface area contributed by atoms with Gasteiger partial charge in [-0.15, -0.1) is 0 Å². The Bertz CT molecular complexity index is 995. The Kier molecular flexibility index (Phi) is 4.73. The van der Waals surface area contributed by atoms with E-state index in [0.29, 0.717) is 31.0 Å². The van der Waals surface area contributed by atoms with Crippen LogP contribution >= 0.6 is 0 Å². The number of carbonyl (C=O) groups excluding carboxylic acids is 1. The fourth-order valence-electron chi connectivity index (χ4n) is 3.55. The van der Waals surface area contributed by atoms with Gasteiger partial charge >= 0.3 is 0 Å². The van der Waals surface area contributed by atoms with Crippen LogP contribution in [0.1, 0.15) is 24.3 Å². The molecule has 28 heavy (non-hydrogen) atoms. The summed E-state index contributed by atoms with van der Waals surface area (Å²) in [5.41, 5.74) is 4.13. The van der Waals surface area contributed by atoms with Gasteiger partial charge in [-0.2, -0.15) is 10.2 Å². The van der Waals surface area contributed by atoms with Gasteiger partial charge in [0.2, 0.25) is 0 Å². The van der Waals surface area contributed by atoms with Gasteiger partial charge < -0.3 is 9.64 Å². The minimum absolute atomic E-state index is 0.161. The van der Waals surface area contributed by atoms with E-state index in [2.05, 4.69) is 27.0 Å². The van der Waals surface area contributed by atoms with Gasteiger partial charge in [0.25, 0.3) is 5.91 Å². The van der Waals surface area contributed by atoms with Crippen LogP contribution in [-0.2, 0) is 11.3 Å². The highest BCUT2D eigenvalue weighted by molar-refractivity contribution is 6.02. The first-order valence-corrected chi connectivity index (χ1v) is 9.29. The summed E-state index contributed by atoms with van der Waals surface area (Å²) in [7, 11) is 1.51. The second kappa shape index (κ2) is 7.21. The smallest absolute Gasteiger partial charge is 0.286 e. The molecule has 0 unspecified atom stereocenters. The Morgan fingerprint density at radius 1 is 1.50 bits per heavy atom. The molecule has 3 aromatic rings. The number of anilines is 1. The van der Waals surface area contributed by atoms with Gasteiger partial charge in [-0.1, -0.05) is 0 Å². The van der Waals surface area contributed by atoms with Gasteiger partial charge in [-0.05, 0) is 26.0 Å². The molecule has 3 aromatic heterocycles. The van der Waals surface area contributed by atoms with Crippen LogP contribution in [0.5, 0.6) is 0 Å². The summed E-state index contributed by atoms with van der Waals surface area (Å²) in [5, 5.41) is 12.8. The van der Waals surface area contributed by atoms with Crippen molar-refractivity contribution in [3.63, 3.8) is 0 Å². The molecule has 0 aliphatic carbocycles. The number of rotatable bonds is 4. The van der Waals surface area contributed by atoms with Crippen molar-refractivity contribution in [2.75, 3.05) is 31.7 Å². The number of ether oxygens (including phenoxy) is 1. The minimum atomic E-state index is -0.358. The van der Waals surface area contributed by atoms with Crippen molar-refractivity contribution in [1.29, 1.82) is 0 Å². The number of carbonyl (C=O) groups is 1. The van der Waals surface area contributed by atoms with E-state index < -0.39 is 0 Å². The zero-order valence-corrected chi connectivity index (χ0v) is 16.2. The summed E-state index contributed by atoms with van der Waals surface area (Å²) in [6.45, 7) is 6.77. The first-order chi connectivity index (χ1) is 13.5. The van der Waals surface area contributed by atoms with Crippen LogP contribution in [0.15, 0.2) is 18.3 Å². The lowest BCUT2D eigenvalue weighted by Gasteiger charge is -2.35. The number of pyridine rings is 1. The maximum absolute atomic E-state index is 12.6. The second-order valence-corrected chi connectivity index (χ2v) is 6.89. The fraction of sp³-hybridized carbons (Fsp3) is 0.444. The van der Waals surface area contributed by atoms with Gasteiger partial charge in [0.05, 0.1) is 24.6 Å². The monoisotopic (exact) mass is 384 g/mol. The van der Waals surface area contributed by atoms with E-state index in [4.69, 9.17) is 15.7 Å². The number of aromatic amines is 1. The number of aromatic nitrogens is 5. The van der Waals surface area contributed by atoms with Crippen LogP contribution in [0, 0.1) is 0 Å². The molecule has 0 bridgehead atoms. The Balaban J connectivity index is 2.01. The van der Waals surface area contributed by atoms with E-state index in [1.165, 1.54) is 7.05 Å². The molecule has 1 aliphatic rings. The SMILES string of the molecule is CCn1nc(-c2ccn[nH]2)c2nc(C(=O)N(C)N)cc(N3CCOC[C@H]3C)c21. The molecular weight excluding hydrogens is 360 g/mol. The third kappa shape index (κ3) is 3.00. The molecule has 1 fully saturated rings. The van der Waals surface area contributed by atoms with Gasteiger partial charge in [-0.25, -0.2) is 10.8 Å². The maximum atomic E-state index is 12.6. The molecule has 1 saturated heterocycles. The molecule has 3 N–H and O–H groups in total. The largest absolute Gasteiger partial charge is 0.377 e. The van der Waals surface area contributed by atoms with E-state index >= 15 is 0 Å². The predicted molar refractivity (Wildman–Crippen MR) is 105 cm³/mol. The van der Waals surface area contributed by atoms with Crippen LogP contribution in [0.3, 0.4) is 0 Å². The summed E-state index contributed by atoms with van der Waals surface area (Å²) in [4.78, 5) is 19.5. The summed E-state index contributed by atoms with van der Waals surface area (Å²) >= 11 is 0. The van der Waals surface area contributed by atoms with Crippen molar-refractivity contribution in [2.24, 2.45) is 5.84 Å². The minimum Gasteiger partial charge on any atom is -0.377 e. The lowest BCUT2D eigenvalue weighted by atomic mass is 10.1. The number of hydrogen-bond donors (Lipinski definition) is 2. The Morgan fingerprint density at radius 3 is 2.96 bits per heavy atom. The van der Waals surface area contributed by atoms with E-state index in [9.17, 15) is 4.79 Å². The van der Waals surface area contributed by atoms with E-state index in [-0.39, 0.29) is 17.6 Å². The van der Waals surface area contributed by atoms with Crippen molar-refractivity contribution >= 4 is 22.6 Å². The molecule has 10 nitrogen and oxygen atoms in total.